The smallest absolute Gasteiger partial charge is 0.128 e. The fourth-order valence-corrected chi connectivity index (χ4v) is 3.29. The maximum Gasteiger partial charge on any atom is 0.128 e. The number of nitrogens with one attached hydrogen (secondary N) is 2. The highest BCUT2D eigenvalue weighted by Gasteiger charge is 2.13. The quantitative estimate of drug-likeness (QED) is 0.826. The predicted molar refractivity (Wildman–Crippen MR) is 81.6 cm³/mol. The largest absolute Gasteiger partial charge is 0.370 e. The van der Waals surface area contributed by atoms with Gasteiger partial charge < -0.3 is 10.6 Å². The Morgan fingerprint density at radius 1 is 1.22 bits per heavy atom. The minimum Gasteiger partial charge on any atom is -0.370 e. The minimum atomic E-state index is 0.820. The van der Waals surface area contributed by atoms with E-state index in [0.29, 0.717) is 0 Å². The fraction of sp³-hybridized carbons (Fsp3) is 0.643. The Bertz CT molecular complexity index is 351. The third-order valence-electron chi connectivity index (χ3n) is 3.22. The molecule has 0 bridgehead atoms. The molecule has 2 heterocycles. The lowest BCUT2D eigenvalue weighted by Gasteiger charge is -2.21. The summed E-state index contributed by atoms with van der Waals surface area (Å²) in [6, 6.07) is 6.14. The van der Waals surface area contributed by atoms with Gasteiger partial charge in [-0.25, -0.2) is 4.98 Å². The first-order valence-corrected chi connectivity index (χ1v) is 8.06. The van der Waals surface area contributed by atoms with Gasteiger partial charge in [0.15, 0.2) is 0 Å². The lowest BCUT2D eigenvalue weighted by Crippen LogP contribution is -2.19. The minimum absolute atomic E-state index is 0.820. The van der Waals surface area contributed by atoms with Crippen LogP contribution in [0.15, 0.2) is 18.2 Å². The van der Waals surface area contributed by atoms with Crippen LogP contribution in [0, 0.1) is 5.92 Å². The summed E-state index contributed by atoms with van der Waals surface area (Å²) in [6.07, 6.45) is 3.80. The number of aromatic nitrogens is 1. The van der Waals surface area contributed by atoms with Crippen molar-refractivity contribution in [2.24, 2.45) is 5.92 Å². The van der Waals surface area contributed by atoms with E-state index in [4.69, 9.17) is 0 Å². The Morgan fingerprint density at radius 2 is 1.94 bits per heavy atom. The number of nitrogens with zero attached hydrogens (tertiary/aromatic N) is 1. The molecule has 2 rings (SSSR count). The van der Waals surface area contributed by atoms with Gasteiger partial charge in [0.25, 0.3) is 0 Å². The van der Waals surface area contributed by atoms with Gasteiger partial charge >= 0.3 is 0 Å². The topological polar surface area (TPSA) is 37.0 Å². The highest BCUT2D eigenvalue weighted by molar-refractivity contribution is 7.99. The summed E-state index contributed by atoms with van der Waals surface area (Å²) in [4.78, 5) is 4.57. The zero-order chi connectivity index (χ0) is 12.6. The first-order valence-electron chi connectivity index (χ1n) is 6.91. The summed E-state index contributed by atoms with van der Waals surface area (Å²) in [5.74, 6) is 5.42. The Hall–Kier alpha value is -0.900. The normalized spacial score (nSPS) is 16.5. The zero-order valence-electron chi connectivity index (χ0n) is 11.1. The molecule has 0 aromatic carbocycles. The van der Waals surface area contributed by atoms with Crippen molar-refractivity contribution in [3.05, 3.63) is 18.2 Å². The molecule has 18 heavy (non-hydrogen) atoms. The molecule has 1 aromatic rings. The van der Waals surface area contributed by atoms with Crippen LogP contribution in [0.25, 0.3) is 0 Å². The van der Waals surface area contributed by atoms with Crippen LogP contribution in [0.5, 0.6) is 0 Å². The number of thioether (sulfide) groups is 1. The molecule has 1 aliphatic rings. The van der Waals surface area contributed by atoms with E-state index in [1.54, 1.807) is 0 Å². The van der Waals surface area contributed by atoms with Gasteiger partial charge in [-0.15, -0.1) is 0 Å². The first kappa shape index (κ1) is 13.5. The van der Waals surface area contributed by atoms with E-state index in [2.05, 4.69) is 46.4 Å². The molecule has 0 atom stereocenters. The molecule has 0 radical (unpaired) electrons. The van der Waals surface area contributed by atoms with E-state index in [-0.39, 0.29) is 0 Å². The molecule has 0 spiro atoms. The van der Waals surface area contributed by atoms with E-state index < -0.39 is 0 Å². The summed E-state index contributed by atoms with van der Waals surface area (Å²) >= 11 is 2.08. The van der Waals surface area contributed by atoms with Crippen molar-refractivity contribution in [1.82, 2.24) is 4.98 Å². The standard InChI is InChI=1S/C14H23N3S/c1-2-8-15-13-4-3-5-14(17-13)16-11-12-6-9-18-10-7-12/h3-5,12H,2,6-11H2,1H3,(H2,15,16,17). The molecular weight excluding hydrogens is 242 g/mol. The molecule has 1 fully saturated rings. The molecule has 0 aliphatic carbocycles. The van der Waals surface area contributed by atoms with Crippen molar-refractivity contribution in [2.75, 3.05) is 35.2 Å². The molecule has 2 N–H and O–H groups in total. The second-order valence-electron chi connectivity index (χ2n) is 4.77. The van der Waals surface area contributed by atoms with Crippen molar-refractivity contribution in [3.8, 4) is 0 Å². The van der Waals surface area contributed by atoms with Crippen molar-refractivity contribution < 1.29 is 0 Å². The second kappa shape index (κ2) is 7.52. The van der Waals surface area contributed by atoms with Gasteiger partial charge in [0.2, 0.25) is 0 Å². The number of anilines is 2. The van der Waals surface area contributed by atoms with Crippen LogP contribution in [0.4, 0.5) is 11.6 Å². The summed E-state index contributed by atoms with van der Waals surface area (Å²) < 4.78 is 0. The van der Waals surface area contributed by atoms with Gasteiger partial charge in [0, 0.05) is 13.1 Å². The van der Waals surface area contributed by atoms with Gasteiger partial charge in [-0.1, -0.05) is 13.0 Å². The average Bonchev–Trinajstić information content (AvgIpc) is 2.44. The van der Waals surface area contributed by atoms with Gasteiger partial charge in [0.05, 0.1) is 0 Å². The van der Waals surface area contributed by atoms with Gasteiger partial charge in [-0.2, -0.15) is 11.8 Å². The molecular formula is C14H23N3S. The van der Waals surface area contributed by atoms with Crippen molar-refractivity contribution in [3.63, 3.8) is 0 Å². The van der Waals surface area contributed by atoms with Gasteiger partial charge in [0.1, 0.15) is 11.6 Å². The lowest BCUT2D eigenvalue weighted by molar-refractivity contribution is 0.515. The molecule has 1 aliphatic heterocycles. The monoisotopic (exact) mass is 265 g/mol. The van der Waals surface area contributed by atoms with Crippen LogP contribution in [0.2, 0.25) is 0 Å². The third-order valence-corrected chi connectivity index (χ3v) is 4.27. The van der Waals surface area contributed by atoms with E-state index in [1.165, 1.54) is 24.3 Å². The molecule has 100 valence electrons. The van der Waals surface area contributed by atoms with Crippen molar-refractivity contribution in [1.29, 1.82) is 0 Å². The van der Waals surface area contributed by atoms with E-state index in [0.717, 1.165) is 37.1 Å². The van der Waals surface area contributed by atoms with Crippen LogP contribution in [0.3, 0.4) is 0 Å². The summed E-state index contributed by atoms with van der Waals surface area (Å²) in [7, 11) is 0. The molecule has 0 amide bonds. The average molecular weight is 265 g/mol. The number of pyridine rings is 1. The van der Waals surface area contributed by atoms with Crippen LogP contribution >= 0.6 is 11.8 Å². The molecule has 1 saturated heterocycles. The van der Waals surface area contributed by atoms with Crippen LogP contribution in [0.1, 0.15) is 26.2 Å². The lowest BCUT2D eigenvalue weighted by atomic mass is 10.0. The molecule has 0 unspecified atom stereocenters. The zero-order valence-corrected chi connectivity index (χ0v) is 11.9. The maximum atomic E-state index is 4.57. The number of hydrogen-bond acceptors (Lipinski definition) is 4. The van der Waals surface area contributed by atoms with Crippen molar-refractivity contribution >= 4 is 23.4 Å². The predicted octanol–water partition coefficient (Wildman–Crippen LogP) is 3.46. The fourth-order valence-electron chi connectivity index (χ4n) is 2.08. The SMILES string of the molecule is CCCNc1cccc(NCC2CCSCC2)n1. The highest BCUT2D eigenvalue weighted by atomic mass is 32.2. The molecule has 0 saturated carbocycles. The summed E-state index contributed by atoms with van der Waals surface area (Å²) in [5.41, 5.74) is 0. The first-order chi connectivity index (χ1) is 8.88. The van der Waals surface area contributed by atoms with E-state index in [9.17, 15) is 0 Å². The number of rotatable bonds is 6. The maximum absolute atomic E-state index is 4.57. The Balaban J connectivity index is 1.80. The third kappa shape index (κ3) is 4.41. The van der Waals surface area contributed by atoms with E-state index in [1.807, 2.05) is 6.07 Å². The van der Waals surface area contributed by atoms with Crippen molar-refractivity contribution in [2.45, 2.75) is 26.2 Å². The number of hydrogen-bond donors (Lipinski definition) is 2. The molecule has 3 nitrogen and oxygen atoms in total. The van der Waals surface area contributed by atoms with Gasteiger partial charge in [-0.05, 0) is 48.8 Å². The van der Waals surface area contributed by atoms with Crippen LogP contribution < -0.4 is 10.6 Å². The Morgan fingerprint density at radius 3 is 2.67 bits per heavy atom. The Kier molecular flexibility index (Phi) is 5.65. The highest BCUT2D eigenvalue weighted by Crippen LogP contribution is 2.23. The van der Waals surface area contributed by atoms with E-state index >= 15 is 0 Å². The summed E-state index contributed by atoms with van der Waals surface area (Å²) in [5, 5.41) is 6.79. The second-order valence-corrected chi connectivity index (χ2v) is 6.00. The molecule has 4 heteroatoms. The van der Waals surface area contributed by atoms with Gasteiger partial charge in [-0.3, -0.25) is 0 Å². The van der Waals surface area contributed by atoms with Crippen LogP contribution in [-0.4, -0.2) is 29.6 Å². The summed E-state index contributed by atoms with van der Waals surface area (Å²) in [6.45, 7) is 4.21. The van der Waals surface area contributed by atoms with Crippen LogP contribution in [-0.2, 0) is 0 Å². The molecule has 1 aromatic heterocycles. The Labute approximate surface area is 114 Å².